The molecule has 0 amide bonds. The smallest absolute Gasteiger partial charge is 0.0302 e. The van der Waals surface area contributed by atoms with Gasteiger partial charge < -0.3 is 0 Å². The molecule has 0 saturated heterocycles. The van der Waals surface area contributed by atoms with E-state index in [2.05, 4.69) is 67.5 Å². The minimum Gasteiger partial charge on any atom is -0.0888 e. The fourth-order valence-corrected chi connectivity index (χ4v) is 0.604. The van der Waals surface area contributed by atoms with Crippen LogP contribution >= 0.6 is 0 Å². The van der Waals surface area contributed by atoms with Gasteiger partial charge >= 0.3 is 0 Å². The molecule has 0 N–H and O–H groups in total. The minimum absolute atomic E-state index is 0.464. The Kier molecular flexibility index (Phi) is 8.19. The molecule has 0 aromatic rings. The zero-order valence-electron chi connectivity index (χ0n) is 11.6. The van der Waals surface area contributed by atoms with Crippen molar-refractivity contribution in [2.24, 2.45) is 10.8 Å². The molecule has 0 heteroatoms. The predicted octanol–water partition coefficient (Wildman–Crippen LogP) is 5.44. The van der Waals surface area contributed by atoms with Crippen LogP contribution in [-0.4, -0.2) is 0 Å². The van der Waals surface area contributed by atoms with Crippen molar-refractivity contribution in [2.45, 2.75) is 68.2 Å². The molecule has 0 spiro atoms. The fourth-order valence-electron chi connectivity index (χ4n) is 0.604. The summed E-state index contributed by atoms with van der Waals surface area (Å²) >= 11 is 0. The first-order valence-corrected chi connectivity index (χ1v) is 5.71. The van der Waals surface area contributed by atoms with Gasteiger partial charge in [-0.2, -0.15) is 0 Å². The normalized spacial score (nSPS) is 12.6. The zero-order valence-corrected chi connectivity index (χ0v) is 11.6. The maximum Gasteiger partial charge on any atom is -0.0302 e. The Hall–Kier alpha value is -0.260. The lowest BCUT2D eigenvalue weighted by Gasteiger charge is -2.14. The second-order valence-corrected chi connectivity index (χ2v) is 6.64. The van der Waals surface area contributed by atoms with Crippen molar-refractivity contribution in [3.63, 3.8) is 0 Å². The fraction of sp³-hybridized carbons (Fsp3) is 0.857. The Morgan fingerprint density at radius 1 is 0.786 bits per heavy atom. The second-order valence-electron chi connectivity index (χ2n) is 6.64. The van der Waals surface area contributed by atoms with Crippen LogP contribution in [0.2, 0.25) is 0 Å². The molecule has 0 aliphatic carbocycles. The highest BCUT2D eigenvalue weighted by atomic mass is 14.1. The molecule has 0 aromatic carbocycles. The van der Waals surface area contributed by atoms with Crippen LogP contribution in [0.5, 0.6) is 0 Å². The molecule has 0 atom stereocenters. The Morgan fingerprint density at radius 3 is 1.36 bits per heavy atom. The lowest BCUT2D eigenvalue weighted by atomic mass is 9.92. The maximum absolute atomic E-state index is 2.26. The molecule has 0 bridgehead atoms. The summed E-state index contributed by atoms with van der Waals surface area (Å²) in [5.41, 5.74) is 0.964. The van der Waals surface area contributed by atoms with Gasteiger partial charge in [-0.1, -0.05) is 67.5 Å². The van der Waals surface area contributed by atoms with Gasteiger partial charge in [0.05, 0.1) is 0 Å². The van der Waals surface area contributed by atoms with Crippen LogP contribution in [-0.2, 0) is 0 Å². The summed E-state index contributed by atoms with van der Waals surface area (Å²) in [6, 6.07) is 0. The van der Waals surface area contributed by atoms with Crippen molar-refractivity contribution in [1.82, 2.24) is 0 Å². The van der Waals surface area contributed by atoms with Crippen LogP contribution in [0.1, 0.15) is 68.2 Å². The van der Waals surface area contributed by atoms with Gasteiger partial charge in [-0.15, -0.1) is 0 Å². The quantitative estimate of drug-likeness (QED) is 0.518. The number of allylic oxidation sites excluding steroid dienone is 2. The highest BCUT2D eigenvalue weighted by Crippen LogP contribution is 2.18. The first-order valence-electron chi connectivity index (χ1n) is 5.71. The van der Waals surface area contributed by atoms with E-state index in [1.165, 1.54) is 6.42 Å². The van der Waals surface area contributed by atoms with E-state index < -0.39 is 0 Å². The molecule has 14 heavy (non-hydrogen) atoms. The van der Waals surface area contributed by atoms with E-state index in [1.54, 1.807) is 0 Å². The molecule has 0 unspecified atom stereocenters. The van der Waals surface area contributed by atoms with Crippen LogP contribution in [0, 0.1) is 10.8 Å². The van der Waals surface area contributed by atoms with Crippen molar-refractivity contribution in [2.75, 3.05) is 0 Å². The standard InChI is InChI=1S/C9H18.C5H12/c1-5-6-7-8-9(2,3)4;1-5(2,3)4/h6-7H,5,8H2,1-4H3;1-4H3. The summed E-state index contributed by atoms with van der Waals surface area (Å²) in [4.78, 5) is 0. The second kappa shape index (κ2) is 7.09. The average molecular weight is 198 g/mol. The summed E-state index contributed by atoms with van der Waals surface area (Å²) in [5, 5.41) is 0. The summed E-state index contributed by atoms with van der Waals surface area (Å²) in [6.45, 7) is 17.7. The van der Waals surface area contributed by atoms with Crippen LogP contribution < -0.4 is 0 Å². The molecule has 0 nitrogen and oxygen atoms in total. The highest BCUT2D eigenvalue weighted by molar-refractivity contribution is 4.84. The molecule has 86 valence electrons. The van der Waals surface area contributed by atoms with E-state index in [-0.39, 0.29) is 0 Å². The molecule has 0 radical (unpaired) electrons. The molecule has 0 rings (SSSR count). The van der Waals surface area contributed by atoms with Gasteiger partial charge in [0.2, 0.25) is 0 Å². The van der Waals surface area contributed by atoms with Crippen LogP contribution in [0.4, 0.5) is 0 Å². The Bertz CT molecular complexity index is 132. The summed E-state index contributed by atoms with van der Waals surface area (Å²) < 4.78 is 0. The topological polar surface area (TPSA) is 0 Å². The first kappa shape index (κ1) is 16.2. The van der Waals surface area contributed by atoms with Gasteiger partial charge in [-0.3, -0.25) is 0 Å². The number of rotatable bonds is 2. The Morgan fingerprint density at radius 2 is 1.14 bits per heavy atom. The molecule has 0 saturated carbocycles. The lowest BCUT2D eigenvalue weighted by molar-refractivity contribution is 0.420. The van der Waals surface area contributed by atoms with E-state index >= 15 is 0 Å². The number of hydrogen-bond donors (Lipinski definition) is 0. The first-order chi connectivity index (χ1) is 6.06. The monoisotopic (exact) mass is 198 g/mol. The highest BCUT2D eigenvalue weighted by Gasteiger charge is 2.05. The van der Waals surface area contributed by atoms with E-state index in [4.69, 9.17) is 0 Å². The minimum atomic E-state index is 0.464. The molecule has 0 fully saturated rings. The van der Waals surface area contributed by atoms with Gasteiger partial charge in [0.1, 0.15) is 0 Å². The third-order valence-corrected chi connectivity index (χ3v) is 1.13. The Balaban J connectivity index is 0. The molecule has 0 aliphatic rings. The van der Waals surface area contributed by atoms with Gasteiger partial charge in [0, 0.05) is 0 Å². The summed E-state index contributed by atoms with van der Waals surface area (Å²) in [7, 11) is 0. The SMILES string of the molecule is CC(C)(C)C.CCC=CCC(C)(C)C. The van der Waals surface area contributed by atoms with E-state index in [9.17, 15) is 0 Å². The number of hydrogen-bond acceptors (Lipinski definition) is 0. The van der Waals surface area contributed by atoms with E-state index in [0.717, 1.165) is 6.42 Å². The van der Waals surface area contributed by atoms with Crippen molar-refractivity contribution < 1.29 is 0 Å². The van der Waals surface area contributed by atoms with E-state index in [1.807, 2.05) is 0 Å². The zero-order chi connectivity index (χ0) is 11.8. The average Bonchev–Trinajstić information content (AvgIpc) is 1.80. The summed E-state index contributed by atoms with van der Waals surface area (Å²) in [5.74, 6) is 0. The predicted molar refractivity (Wildman–Crippen MR) is 68.6 cm³/mol. The third-order valence-electron chi connectivity index (χ3n) is 1.13. The van der Waals surface area contributed by atoms with Crippen molar-refractivity contribution in [1.29, 1.82) is 0 Å². The van der Waals surface area contributed by atoms with Gasteiger partial charge in [-0.05, 0) is 23.7 Å². The van der Waals surface area contributed by atoms with Gasteiger partial charge in [0.25, 0.3) is 0 Å². The van der Waals surface area contributed by atoms with Gasteiger partial charge in [-0.25, -0.2) is 0 Å². The maximum atomic E-state index is 2.26. The largest absolute Gasteiger partial charge is 0.0888 e. The van der Waals surface area contributed by atoms with Crippen molar-refractivity contribution >= 4 is 0 Å². The van der Waals surface area contributed by atoms with Gasteiger partial charge in [0.15, 0.2) is 0 Å². The molecule has 0 heterocycles. The van der Waals surface area contributed by atoms with Crippen LogP contribution in [0.3, 0.4) is 0 Å². The molecular formula is C14H30. The summed E-state index contributed by atoms with van der Waals surface area (Å²) in [6.07, 6.45) is 6.85. The van der Waals surface area contributed by atoms with E-state index in [0.29, 0.717) is 10.8 Å². The molecule has 0 aromatic heterocycles. The molecule has 0 aliphatic heterocycles. The van der Waals surface area contributed by atoms with Crippen LogP contribution in [0.15, 0.2) is 12.2 Å². The molecular weight excluding hydrogens is 168 g/mol. The third kappa shape index (κ3) is 41.1. The lowest BCUT2D eigenvalue weighted by Crippen LogP contribution is -2.01. The van der Waals surface area contributed by atoms with Crippen LogP contribution in [0.25, 0.3) is 0 Å². The van der Waals surface area contributed by atoms with Crippen molar-refractivity contribution in [3.8, 4) is 0 Å². The Labute approximate surface area is 91.8 Å². The van der Waals surface area contributed by atoms with Crippen molar-refractivity contribution in [3.05, 3.63) is 12.2 Å².